The van der Waals surface area contributed by atoms with Crippen LogP contribution >= 0.6 is 23.1 Å². The molecule has 0 aliphatic rings. The van der Waals surface area contributed by atoms with E-state index in [9.17, 15) is 9.59 Å². The molecule has 2 rings (SSSR count). The molecule has 0 aromatic carbocycles. The van der Waals surface area contributed by atoms with Crippen molar-refractivity contribution < 1.29 is 14.3 Å². The molecule has 0 fully saturated rings. The molecule has 0 bridgehead atoms. The molecule has 9 heteroatoms. The Kier molecular flexibility index (Phi) is 6.60. The van der Waals surface area contributed by atoms with Crippen LogP contribution in [0.5, 0.6) is 0 Å². The molecule has 2 aromatic rings. The van der Waals surface area contributed by atoms with E-state index in [0.717, 1.165) is 22.7 Å². The van der Waals surface area contributed by atoms with Crippen LogP contribution in [0.2, 0.25) is 0 Å². The highest BCUT2D eigenvalue weighted by atomic mass is 32.2. The third-order valence-corrected chi connectivity index (χ3v) is 5.83. The van der Waals surface area contributed by atoms with Crippen LogP contribution in [0.1, 0.15) is 40.5 Å². The number of esters is 1. The van der Waals surface area contributed by atoms with Crippen LogP contribution in [0.3, 0.4) is 0 Å². The molecule has 0 saturated heterocycles. The first-order chi connectivity index (χ1) is 11.9. The third-order valence-electron chi connectivity index (χ3n) is 3.69. The number of nitrogens with zero attached hydrogens (tertiary/aromatic N) is 3. The number of carbonyl (C=O) groups excluding carboxylic acids is 2. The fraction of sp³-hybridized carbons (Fsp3) is 0.500. The number of aromatic nitrogens is 3. The van der Waals surface area contributed by atoms with Crippen LogP contribution in [0.15, 0.2) is 5.16 Å². The predicted molar refractivity (Wildman–Crippen MR) is 99.5 cm³/mol. The van der Waals surface area contributed by atoms with Crippen molar-refractivity contribution >= 4 is 40.0 Å². The average molecular weight is 383 g/mol. The standard InChI is InChI=1S/C16H22N4O3S2/c1-6-11-18-19-16(20(11)5)24-8-12(21)17-14-13(15(22)23-7-2)9(3)10(4)25-14/h6-8H2,1-5H3,(H,17,21). The lowest BCUT2D eigenvalue weighted by Crippen LogP contribution is -2.16. The smallest absolute Gasteiger partial charge is 0.341 e. The summed E-state index contributed by atoms with van der Waals surface area (Å²) in [5, 5.41) is 12.2. The largest absolute Gasteiger partial charge is 0.462 e. The molecule has 0 atom stereocenters. The van der Waals surface area contributed by atoms with Gasteiger partial charge in [0, 0.05) is 18.3 Å². The van der Waals surface area contributed by atoms with E-state index in [2.05, 4.69) is 15.5 Å². The lowest BCUT2D eigenvalue weighted by molar-refractivity contribution is -0.113. The Morgan fingerprint density at radius 1 is 1.28 bits per heavy atom. The van der Waals surface area contributed by atoms with Gasteiger partial charge < -0.3 is 14.6 Å². The fourth-order valence-electron chi connectivity index (χ4n) is 2.24. The van der Waals surface area contributed by atoms with Crippen LogP contribution in [-0.2, 0) is 23.0 Å². The van der Waals surface area contributed by atoms with Gasteiger partial charge in [0.25, 0.3) is 0 Å². The zero-order chi connectivity index (χ0) is 18.6. The van der Waals surface area contributed by atoms with Gasteiger partial charge in [-0.05, 0) is 26.3 Å². The number of aryl methyl sites for hydroxylation is 2. The van der Waals surface area contributed by atoms with Gasteiger partial charge in [-0.3, -0.25) is 4.79 Å². The van der Waals surface area contributed by atoms with E-state index in [-0.39, 0.29) is 11.7 Å². The summed E-state index contributed by atoms with van der Waals surface area (Å²) in [6.07, 6.45) is 0.785. The van der Waals surface area contributed by atoms with Gasteiger partial charge >= 0.3 is 5.97 Å². The Balaban J connectivity index is 2.06. The number of nitrogens with one attached hydrogen (secondary N) is 1. The first kappa shape index (κ1) is 19.5. The minimum absolute atomic E-state index is 0.188. The molecule has 7 nitrogen and oxygen atoms in total. The van der Waals surface area contributed by atoms with Crippen LogP contribution in [0.4, 0.5) is 5.00 Å². The summed E-state index contributed by atoms with van der Waals surface area (Å²) < 4.78 is 6.97. The van der Waals surface area contributed by atoms with Gasteiger partial charge in [0.15, 0.2) is 5.16 Å². The zero-order valence-electron chi connectivity index (χ0n) is 15.0. The van der Waals surface area contributed by atoms with E-state index in [1.807, 2.05) is 32.4 Å². The first-order valence-corrected chi connectivity index (χ1v) is 9.77. The lowest BCUT2D eigenvalue weighted by Gasteiger charge is -2.07. The summed E-state index contributed by atoms with van der Waals surface area (Å²) in [6, 6.07) is 0. The summed E-state index contributed by atoms with van der Waals surface area (Å²) >= 11 is 2.69. The molecule has 0 saturated carbocycles. The predicted octanol–water partition coefficient (Wildman–Crippen LogP) is 2.96. The Bertz CT molecular complexity index is 783. The molecular weight excluding hydrogens is 360 g/mol. The molecular formula is C16H22N4O3S2. The van der Waals surface area contributed by atoms with Crippen molar-refractivity contribution in [2.24, 2.45) is 7.05 Å². The van der Waals surface area contributed by atoms with Gasteiger partial charge in [-0.2, -0.15) is 0 Å². The number of thiophene rings is 1. The normalized spacial score (nSPS) is 10.8. The summed E-state index contributed by atoms with van der Waals surface area (Å²) in [6.45, 7) is 7.83. The number of hydrogen-bond donors (Lipinski definition) is 1. The topological polar surface area (TPSA) is 86.1 Å². The molecule has 0 aliphatic heterocycles. The molecule has 2 heterocycles. The Labute approximate surface area is 155 Å². The quantitative estimate of drug-likeness (QED) is 0.585. The van der Waals surface area contributed by atoms with E-state index in [1.54, 1.807) is 6.92 Å². The first-order valence-electron chi connectivity index (χ1n) is 7.97. The maximum atomic E-state index is 12.3. The van der Waals surface area contributed by atoms with Crippen molar-refractivity contribution in [3.8, 4) is 0 Å². The van der Waals surface area contributed by atoms with E-state index < -0.39 is 5.97 Å². The SMILES string of the molecule is CCOC(=O)c1c(NC(=O)CSc2nnc(CC)n2C)sc(C)c1C. The maximum Gasteiger partial charge on any atom is 0.341 e. The second-order valence-electron chi connectivity index (χ2n) is 5.36. The molecule has 1 amide bonds. The molecule has 136 valence electrons. The summed E-state index contributed by atoms with van der Waals surface area (Å²) in [7, 11) is 1.88. The number of thioether (sulfide) groups is 1. The van der Waals surface area contributed by atoms with Gasteiger partial charge in [-0.15, -0.1) is 21.5 Å². The van der Waals surface area contributed by atoms with Crippen LogP contribution in [-0.4, -0.2) is 39.0 Å². The van der Waals surface area contributed by atoms with Gasteiger partial charge in [0.1, 0.15) is 10.8 Å². The maximum absolute atomic E-state index is 12.3. The number of hydrogen-bond acceptors (Lipinski definition) is 7. The molecule has 0 aliphatic carbocycles. The van der Waals surface area contributed by atoms with Gasteiger partial charge in [-0.1, -0.05) is 18.7 Å². The Hall–Kier alpha value is -1.87. The fourth-order valence-corrected chi connectivity index (χ4v) is 4.03. The van der Waals surface area contributed by atoms with Crippen molar-refractivity contribution in [1.29, 1.82) is 0 Å². The number of ether oxygens (including phenoxy) is 1. The highest BCUT2D eigenvalue weighted by Crippen LogP contribution is 2.33. The van der Waals surface area contributed by atoms with Crippen LogP contribution in [0.25, 0.3) is 0 Å². The van der Waals surface area contributed by atoms with Gasteiger partial charge in [0.05, 0.1) is 17.9 Å². The molecule has 0 spiro atoms. The van der Waals surface area contributed by atoms with Gasteiger partial charge in [-0.25, -0.2) is 4.79 Å². The van der Waals surface area contributed by atoms with E-state index in [0.29, 0.717) is 22.3 Å². The molecule has 0 unspecified atom stereocenters. The lowest BCUT2D eigenvalue weighted by atomic mass is 10.1. The summed E-state index contributed by atoms with van der Waals surface area (Å²) in [5.74, 6) is 0.455. The van der Waals surface area contributed by atoms with Crippen LogP contribution < -0.4 is 5.32 Å². The van der Waals surface area contributed by atoms with E-state index in [4.69, 9.17) is 4.74 Å². The Morgan fingerprint density at radius 3 is 2.60 bits per heavy atom. The molecule has 1 N–H and O–H groups in total. The monoisotopic (exact) mass is 382 g/mol. The van der Waals surface area contributed by atoms with Gasteiger partial charge in [0.2, 0.25) is 5.91 Å². The van der Waals surface area contributed by atoms with E-state index in [1.165, 1.54) is 23.1 Å². The second-order valence-corrected chi connectivity index (χ2v) is 7.52. The van der Waals surface area contributed by atoms with Crippen molar-refractivity contribution in [2.75, 3.05) is 17.7 Å². The Morgan fingerprint density at radius 2 is 2.00 bits per heavy atom. The second kappa shape index (κ2) is 8.48. The summed E-state index contributed by atoms with van der Waals surface area (Å²) in [4.78, 5) is 25.4. The van der Waals surface area contributed by atoms with E-state index >= 15 is 0 Å². The number of amides is 1. The molecule has 25 heavy (non-hydrogen) atoms. The highest BCUT2D eigenvalue weighted by molar-refractivity contribution is 7.99. The van der Waals surface area contributed by atoms with Crippen molar-refractivity contribution in [1.82, 2.24) is 14.8 Å². The zero-order valence-corrected chi connectivity index (χ0v) is 16.6. The molecule has 0 radical (unpaired) electrons. The number of carbonyl (C=O) groups is 2. The number of rotatable bonds is 7. The highest BCUT2D eigenvalue weighted by Gasteiger charge is 2.22. The van der Waals surface area contributed by atoms with Crippen molar-refractivity contribution in [3.05, 3.63) is 21.8 Å². The minimum atomic E-state index is -0.409. The molecule has 2 aromatic heterocycles. The minimum Gasteiger partial charge on any atom is -0.462 e. The summed E-state index contributed by atoms with van der Waals surface area (Å²) in [5.41, 5.74) is 1.28. The third kappa shape index (κ3) is 4.40. The average Bonchev–Trinajstić information content (AvgIpc) is 3.05. The van der Waals surface area contributed by atoms with Crippen molar-refractivity contribution in [2.45, 2.75) is 39.3 Å². The number of anilines is 1. The van der Waals surface area contributed by atoms with Crippen LogP contribution in [0, 0.1) is 13.8 Å². The van der Waals surface area contributed by atoms with Crippen molar-refractivity contribution in [3.63, 3.8) is 0 Å².